The van der Waals surface area contributed by atoms with Crippen molar-refractivity contribution in [2.24, 2.45) is 11.7 Å². The lowest BCUT2D eigenvalue weighted by atomic mass is 9.77. The van der Waals surface area contributed by atoms with Crippen molar-refractivity contribution < 1.29 is 4.52 Å². The number of rotatable bonds is 2. The maximum absolute atomic E-state index is 6.45. The van der Waals surface area contributed by atoms with E-state index in [-0.39, 0.29) is 0 Å². The highest BCUT2D eigenvalue weighted by Crippen LogP contribution is 2.37. The lowest BCUT2D eigenvalue weighted by molar-refractivity contribution is 0.183. The van der Waals surface area contributed by atoms with Gasteiger partial charge in [-0.15, -0.1) is 0 Å². The summed E-state index contributed by atoms with van der Waals surface area (Å²) in [6.45, 7) is 2.22. The molecule has 0 bridgehead atoms. The van der Waals surface area contributed by atoms with E-state index < -0.39 is 5.54 Å². The van der Waals surface area contributed by atoms with Crippen molar-refractivity contribution in [1.29, 1.82) is 0 Å². The predicted molar refractivity (Wildman–Crippen MR) is 71.0 cm³/mol. The minimum atomic E-state index is -0.475. The molecule has 2 aromatic heterocycles. The Morgan fingerprint density at radius 1 is 1.42 bits per heavy atom. The molecule has 2 atom stereocenters. The second kappa shape index (κ2) is 4.74. The molecule has 0 amide bonds. The van der Waals surface area contributed by atoms with Crippen LogP contribution < -0.4 is 5.73 Å². The maximum atomic E-state index is 6.45. The standard InChI is InChI=1S/C14H18N4O/c1-10-5-4-7-14(15,9-10)13-17-12(18-19-13)11-6-2-3-8-16-11/h2-3,6,8,10H,4-5,7,9,15H2,1H3. The van der Waals surface area contributed by atoms with Crippen molar-refractivity contribution >= 4 is 0 Å². The zero-order chi connectivity index (χ0) is 13.3. The largest absolute Gasteiger partial charge is 0.337 e. The van der Waals surface area contributed by atoms with Gasteiger partial charge >= 0.3 is 0 Å². The topological polar surface area (TPSA) is 77.8 Å². The molecule has 2 N–H and O–H groups in total. The van der Waals surface area contributed by atoms with E-state index in [0.717, 1.165) is 19.3 Å². The van der Waals surface area contributed by atoms with E-state index >= 15 is 0 Å². The fraction of sp³-hybridized carbons (Fsp3) is 0.500. The van der Waals surface area contributed by atoms with Crippen LogP contribution in [0.4, 0.5) is 0 Å². The highest BCUT2D eigenvalue weighted by molar-refractivity contribution is 5.47. The minimum absolute atomic E-state index is 0.475. The van der Waals surface area contributed by atoms with Gasteiger partial charge in [-0.3, -0.25) is 4.98 Å². The first-order valence-electron chi connectivity index (χ1n) is 6.72. The third kappa shape index (κ3) is 2.38. The first-order chi connectivity index (χ1) is 9.17. The van der Waals surface area contributed by atoms with E-state index in [9.17, 15) is 0 Å². The van der Waals surface area contributed by atoms with Crippen LogP contribution in [0.25, 0.3) is 11.5 Å². The zero-order valence-corrected chi connectivity index (χ0v) is 11.0. The Hall–Kier alpha value is -1.75. The molecule has 100 valence electrons. The summed E-state index contributed by atoms with van der Waals surface area (Å²) in [5, 5.41) is 4.00. The van der Waals surface area contributed by atoms with Gasteiger partial charge in [0.15, 0.2) is 0 Å². The number of aromatic nitrogens is 3. The lowest BCUT2D eigenvalue weighted by Crippen LogP contribution is -2.41. The Bertz CT molecular complexity index is 554. The highest BCUT2D eigenvalue weighted by Gasteiger charge is 2.37. The van der Waals surface area contributed by atoms with Crippen LogP contribution in [-0.2, 0) is 5.54 Å². The Balaban J connectivity index is 1.89. The normalized spacial score (nSPS) is 27.4. The van der Waals surface area contributed by atoms with Crippen LogP contribution in [-0.4, -0.2) is 15.1 Å². The number of nitrogens with zero attached hydrogens (tertiary/aromatic N) is 3. The molecular weight excluding hydrogens is 240 g/mol. The Labute approximate surface area is 112 Å². The van der Waals surface area contributed by atoms with E-state index in [4.69, 9.17) is 10.3 Å². The molecule has 0 spiro atoms. The summed E-state index contributed by atoms with van der Waals surface area (Å²) in [4.78, 5) is 8.66. The van der Waals surface area contributed by atoms with Gasteiger partial charge in [0.1, 0.15) is 5.69 Å². The van der Waals surface area contributed by atoms with Crippen molar-refractivity contribution in [2.45, 2.75) is 38.1 Å². The first-order valence-corrected chi connectivity index (χ1v) is 6.72. The summed E-state index contributed by atoms with van der Waals surface area (Å²) in [5.74, 6) is 1.65. The van der Waals surface area contributed by atoms with Crippen LogP contribution in [0.1, 0.15) is 38.5 Å². The van der Waals surface area contributed by atoms with Crippen molar-refractivity contribution in [3.8, 4) is 11.5 Å². The number of hydrogen-bond acceptors (Lipinski definition) is 5. The Kier molecular flexibility index (Phi) is 3.06. The lowest BCUT2D eigenvalue weighted by Gasteiger charge is -2.33. The summed E-state index contributed by atoms with van der Waals surface area (Å²) < 4.78 is 5.38. The number of pyridine rings is 1. The fourth-order valence-corrected chi connectivity index (χ4v) is 2.81. The third-order valence-corrected chi connectivity index (χ3v) is 3.78. The maximum Gasteiger partial charge on any atom is 0.247 e. The van der Waals surface area contributed by atoms with Crippen molar-refractivity contribution in [1.82, 2.24) is 15.1 Å². The molecule has 5 heteroatoms. The molecule has 3 rings (SSSR count). The van der Waals surface area contributed by atoms with E-state index in [1.165, 1.54) is 6.42 Å². The predicted octanol–water partition coefficient (Wildman–Crippen LogP) is 2.50. The van der Waals surface area contributed by atoms with E-state index in [1.54, 1.807) is 6.20 Å². The molecule has 0 saturated heterocycles. The molecule has 19 heavy (non-hydrogen) atoms. The number of nitrogens with two attached hydrogens (primary N) is 1. The second-order valence-electron chi connectivity index (χ2n) is 5.50. The van der Waals surface area contributed by atoms with Gasteiger partial charge in [-0.25, -0.2) is 0 Å². The van der Waals surface area contributed by atoms with Gasteiger partial charge in [0, 0.05) is 6.20 Å². The summed E-state index contributed by atoms with van der Waals surface area (Å²) in [5.41, 5.74) is 6.68. The van der Waals surface area contributed by atoms with Crippen molar-refractivity contribution in [3.05, 3.63) is 30.3 Å². The smallest absolute Gasteiger partial charge is 0.247 e. The van der Waals surface area contributed by atoms with Gasteiger partial charge in [0.05, 0.1) is 5.54 Å². The SMILES string of the molecule is CC1CCCC(N)(c2nc(-c3ccccn3)no2)C1. The van der Waals surface area contributed by atoms with Gasteiger partial charge < -0.3 is 10.3 Å². The van der Waals surface area contributed by atoms with Crippen molar-refractivity contribution in [2.75, 3.05) is 0 Å². The Morgan fingerprint density at radius 2 is 2.32 bits per heavy atom. The molecule has 1 saturated carbocycles. The van der Waals surface area contributed by atoms with Gasteiger partial charge in [-0.1, -0.05) is 31.0 Å². The molecule has 0 aromatic carbocycles. The van der Waals surface area contributed by atoms with Gasteiger partial charge in [0.25, 0.3) is 0 Å². The summed E-state index contributed by atoms with van der Waals surface area (Å²) in [6.07, 6.45) is 5.85. The zero-order valence-electron chi connectivity index (χ0n) is 11.0. The summed E-state index contributed by atoms with van der Waals surface area (Å²) in [6, 6.07) is 5.62. The Morgan fingerprint density at radius 3 is 3.05 bits per heavy atom. The van der Waals surface area contributed by atoms with Crippen LogP contribution in [0.15, 0.2) is 28.9 Å². The molecular formula is C14H18N4O. The summed E-state index contributed by atoms with van der Waals surface area (Å²) in [7, 11) is 0. The molecule has 2 heterocycles. The monoisotopic (exact) mass is 258 g/mol. The van der Waals surface area contributed by atoms with E-state index in [1.807, 2.05) is 18.2 Å². The molecule has 1 aliphatic carbocycles. The molecule has 1 fully saturated rings. The molecule has 0 aliphatic heterocycles. The van der Waals surface area contributed by atoms with Crippen LogP contribution >= 0.6 is 0 Å². The van der Waals surface area contributed by atoms with Gasteiger partial charge in [-0.2, -0.15) is 4.98 Å². The van der Waals surface area contributed by atoms with Crippen LogP contribution in [0, 0.1) is 5.92 Å². The third-order valence-electron chi connectivity index (χ3n) is 3.78. The molecule has 2 unspecified atom stereocenters. The van der Waals surface area contributed by atoms with E-state index in [0.29, 0.717) is 23.3 Å². The minimum Gasteiger partial charge on any atom is -0.337 e. The summed E-state index contributed by atoms with van der Waals surface area (Å²) >= 11 is 0. The molecule has 2 aromatic rings. The van der Waals surface area contributed by atoms with Crippen LogP contribution in [0.5, 0.6) is 0 Å². The fourth-order valence-electron chi connectivity index (χ4n) is 2.81. The molecule has 0 radical (unpaired) electrons. The second-order valence-corrected chi connectivity index (χ2v) is 5.50. The van der Waals surface area contributed by atoms with Gasteiger partial charge in [0.2, 0.25) is 11.7 Å². The highest BCUT2D eigenvalue weighted by atomic mass is 16.5. The first kappa shape index (κ1) is 12.3. The van der Waals surface area contributed by atoms with Crippen LogP contribution in [0.2, 0.25) is 0 Å². The molecule has 5 nitrogen and oxygen atoms in total. The quantitative estimate of drug-likeness (QED) is 0.895. The van der Waals surface area contributed by atoms with Crippen LogP contribution in [0.3, 0.4) is 0 Å². The van der Waals surface area contributed by atoms with Crippen molar-refractivity contribution in [3.63, 3.8) is 0 Å². The number of hydrogen-bond donors (Lipinski definition) is 1. The average Bonchev–Trinajstić information content (AvgIpc) is 2.90. The average molecular weight is 258 g/mol. The molecule has 1 aliphatic rings. The van der Waals surface area contributed by atoms with Gasteiger partial charge in [-0.05, 0) is 30.9 Å². The van der Waals surface area contributed by atoms with E-state index in [2.05, 4.69) is 22.0 Å².